The van der Waals surface area contributed by atoms with Crippen molar-refractivity contribution in [3.63, 3.8) is 0 Å². The molecule has 2 aromatic carbocycles. The number of hydrogen-bond acceptors (Lipinski definition) is 4. The van der Waals surface area contributed by atoms with Crippen LogP contribution in [0.5, 0.6) is 0 Å². The molecular weight excluding hydrogens is 366 g/mol. The van der Waals surface area contributed by atoms with E-state index >= 15 is 0 Å². The number of hydrogen-bond donors (Lipinski definition) is 1. The molecule has 3 aromatic rings. The summed E-state index contributed by atoms with van der Waals surface area (Å²) in [5.74, 6) is 0.582. The van der Waals surface area contributed by atoms with Crippen LogP contribution in [0.4, 0.5) is 5.69 Å². The molecule has 1 saturated heterocycles. The van der Waals surface area contributed by atoms with E-state index in [-0.39, 0.29) is 11.9 Å². The predicted molar refractivity (Wildman–Crippen MR) is 117 cm³/mol. The molecule has 1 aromatic heterocycles. The number of amides is 1. The quantitative estimate of drug-likeness (QED) is 0.669. The molecule has 28 heavy (non-hydrogen) atoms. The number of nitrogens with one attached hydrogen (secondary N) is 1. The van der Waals surface area contributed by atoms with Crippen molar-refractivity contribution in [2.75, 3.05) is 18.4 Å². The Balaban J connectivity index is 1.38. The van der Waals surface area contributed by atoms with Crippen LogP contribution in [-0.2, 0) is 4.79 Å². The molecule has 1 unspecified atom stereocenters. The van der Waals surface area contributed by atoms with Crippen molar-refractivity contribution < 1.29 is 4.79 Å². The van der Waals surface area contributed by atoms with Crippen LogP contribution in [0.15, 0.2) is 42.5 Å². The summed E-state index contributed by atoms with van der Waals surface area (Å²) in [7, 11) is 0. The summed E-state index contributed by atoms with van der Waals surface area (Å²) in [6, 6.07) is 14.3. The molecule has 4 nitrogen and oxygen atoms in total. The number of piperidine rings is 1. The topological polar surface area (TPSA) is 45.2 Å². The lowest BCUT2D eigenvalue weighted by molar-refractivity contribution is -0.121. The van der Waals surface area contributed by atoms with Crippen molar-refractivity contribution in [2.45, 2.75) is 45.6 Å². The largest absolute Gasteiger partial charge is 0.324 e. The number of para-hydroxylation sites is 2. The van der Waals surface area contributed by atoms with Gasteiger partial charge in [-0.1, -0.05) is 30.3 Å². The van der Waals surface area contributed by atoms with Crippen LogP contribution in [0.3, 0.4) is 0 Å². The molecule has 1 aliphatic rings. The fourth-order valence-corrected chi connectivity index (χ4v) is 5.14. The van der Waals surface area contributed by atoms with Gasteiger partial charge in [-0.3, -0.25) is 9.69 Å². The van der Waals surface area contributed by atoms with E-state index in [4.69, 9.17) is 4.98 Å². The second kappa shape index (κ2) is 8.02. The maximum Gasteiger partial charge on any atom is 0.241 e. The number of benzene rings is 2. The number of likely N-dealkylation sites (tertiary alicyclic amines) is 1. The molecule has 1 aliphatic heterocycles. The first-order chi connectivity index (χ1) is 13.5. The molecule has 4 rings (SSSR count). The van der Waals surface area contributed by atoms with Gasteiger partial charge in [-0.15, -0.1) is 11.3 Å². The van der Waals surface area contributed by atoms with Crippen molar-refractivity contribution in [3.05, 3.63) is 58.6 Å². The molecule has 1 N–H and O–H groups in total. The van der Waals surface area contributed by atoms with Crippen molar-refractivity contribution in [3.8, 4) is 0 Å². The number of carbonyl (C=O) groups excluding carboxylic acids is 1. The second-order valence-electron chi connectivity index (χ2n) is 7.76. The van der Waals surface area contributed by atoms with Gasteiger partial charge in [-0.05, 0) is 70.0 Å². The monoisotopic (exact) mass is 393 g/mol. The van der Waals surface area contributed by atoms with Crippen LogP contribution in [-0.4, -0.2) is 34.9 Å². The van der Waals surface area contributed by atoms with Crippen LogP contribution < -0.4 is 5.32 Å². The van der Waals surface area contributed by atoms with Gasteiger partial charge in [0.2, 0.25) is 5.91 Å². The number of anilines is 1. The van der Waals surface area contributed by atoms with Crippen LogP contribution in [0.2, 0.25) is 0 Å². The predicted octanol–water partition coefficient (Wildman–Crippen LogP) is 5.12. The molecule has 1 amide bonds. The van der Waals surface area contributed by atoms with Gasteiger partial charge in [-0.25, -0.2) is 4.98 Å². The summed E-state index contributed by atoms with van der Waals surface area (Å²) in [5.41, 5.74) is 4.26. The zero-order valence-electron chi connectivity index (χ0n) is 16.7. The molecular formula is C23H27N3OS. The Morgan fingerprint density at radius 2 is 1.79 bits per heavy atom. The number of thiazole rings is 1. The first-order valence-electron chi connectivity index (χ1n) is 9.99. The average molecular weight is 394 g/mol. The first kappa shape index (κ1) is 19.1. The van der Waals surface area contributed by atoms with Crippen LogP contribution in [0.1, 0.15) is 41.8 Å². The number of aryl methyl sites for hydroxylation is 2. The molecule has 5 heteroatoms. The highest BCUT2D eigenvalue weighted by molar-refractivity contribution is 7.18. The highest BCUT2D eigenvalue weighted by Gasteiger charge is 2.29. The van der Waals surface area contributed by atoms with E-state index in [1.807, 2.05) is 56.4 Å². The molecule has 146 valence electrons. The molecule has 1 fully saturated rings. The Labute approximate surface area is 170 Å². The van der Waals surface area contributed by atoms with Crippen LogP contribution >= 0.6 is 11.3 Å². The summed E-state index contributed by atoms with van der Waals surface area (Å²) in [4.78, 5) is 20.0. The smallest absolute Gasteiger partial charge is 0.241 e. The number of fused-ring (bicyclic) bond motifs is 1. The maximum absolute atomic E-state index is 12.8. The average Bonchev–Trinajstić information content (AvgIpc) is 3.14. The molecule has 0 radical (unpaired) electrons. The normalized spacial score (nSPS) is 17.0. The zero-order valence-corrected chi connectivity index (χ0v) is 17.6. The molecule has 2 heterocycles. The minimum absolute atomic E-state index is 0.0795. The molecule has 0 bridgehead atoms. The van der Waals surface area contributed by atoms with E-state index in [9.17, 15) is 4.79 Å². The minimum atomic E-state index is -0.129. The van der Waals surface area contributed by atoms with Crippen LogP contribution in [0.25, 0.3) is 10.2 Å². The summed E-state index contributed by atoms with van der Waals surface area (Å²) < 4.78 is 1.27. The van der Waals surface area contributed by atoms with Crippen molar-refractivity contribution in [2.24, 2.45) is 0 Å². The zero-order chi connectivity index (χ0) is 19.7. The number of carbonyl (C=O) groups is 1. The SMILES string of the molecule is Cc1cccc(C)c1NC(=O)C(C)N1CCC(c2nc3ccccc3s2)CC1. The van der Waals surface area contributed by atoms with E-state index in [1.54, 1.807) is 0 Å². The van der Waals surface area contributed by atoms with Crippen molar-refractivity contribution in [1.29, 1.82) is 0 Å². The van der Waals surface area contributed by atoms with Crippen LogP contribution in [0, 0.1) is 13.8 Å². The third-order valence-corrected chi connectivity index (χ3v) is 7.04. The van der Waals surface area contributed by atoms with Crippen molar-refractivity contribution in [1.82, 2.24) is 9.88 Å². The fraction of sp³-hybridized carbons (Fsp3) is 0.391. The van der Waals surface area contributed by atoms with E-state index in [2.05, 4.69) is 28.4 Å². The number of rotatable bonds is 4. The van der Waals surface area contributed by atoms with Gasteiger partial charge in [-0.2, -0.15) is 0 Å². The Kier molecular flexibility index (Phi) is 5.47. The molecule has 1 atom stereocenters. The van der Waals surface area contributed by atoms with Gasteiger partial charge in [0.05, 0.1) is 21.3 Å². The Hall–Kier alpha value is -2.24. The van der Waals surface area contributed by atoms with E-state index < -0.39 is 0 Å². The fourth-order valence-electron chi connectivity index (χ4n) is 4.00. The highest BCUT2D eigenvalue weighted by atomic mass is 32.1. The van der Waals surface area contributed by atoms with Gasteiger partial charge in [0.15, 0.2) is 0 Å². The van der Waals surface area contributed by atoms with Gasteiger partial charge in [0, 0.05) is 11.6 Å². The van der Waals surface area contributed by atoms with E-state index in [1.165, 1.54) is 9.71 Å². The minimum Gasteiger partial charge on any atom is -0.324 e. The standard InChI is InChI=1S/C23H27N3OS/c1-15-7-6-8-16(2)21(15)25-22(27)17(3)26-13-11-18(12-14-26)23-24-19-9-4-5-10-20(19)28-23/h4-10,17-18H,11-14H2,1-3H3,(H,25,27). The summed E-state index contributed by atoms with van der Waals surface area (Å²) in [6.45, 7) is 7.96. The molecule has 0 saturated carbocycles. The Morgan fingerprint density at radius 1 is 1.11 bits per heavy atom. The Morgan fingerprint density at radius 3 is 2.46 bits per heavy atom. The maximum atomic E-state index is 12.8. The lowest BCUT2D eigenvalue weighted by atomic mass is 9.96. The highest BCUT2D eigenvalue weighted by Crippen LogP contribution is 2.34. The van der Waals surface area contributed by atoms with E-state index in [0.717, 1.165) is 48.3 Å². The van der Waals surface area contributed by atoms with Gasteiger partial charge < -0.3 is 5.32 Å². The summed E-state index contributed by atoms with van der Waals surface area (Å²) >= 11 is 1.82. The number of aromatic nitrogens is 1. The second-order valence-corrected chi connectivity index (χ2v) is 8.82. The number of nitrogens with zero attached hydrogens (tertiary/aromatic N) is 2. The van der Waals surface area contributed by atoms with Gasteiger partial charge in [0.1, 0.15) is 0 Å². The lowest BCUT2D eigenvalue weighted by Crippen LogP contribution is -2.45. The third kappa shape index (κ3) is 3.82. The van der Waals surface area contributed by atoms with Gasteiger partial charge in [0.25, 0.3) is 0 Å². The third-order valence-electron chi connectivity index (χ3n) is 5.85. The first-order valence-corrected chi connectivity index (χ1v) is 10.8. The van der Waals surface area contributed by atoms with Gasteiger partial charge >= 0.3 is 0 Å². The summed E-state index contributed by atoms with van der Waals surface area (Å²) in [5, 5.41) is 4.39. The Bertz CT molecular complexity index is 935. The van der Waals surface area contributed by atoms with E-state index in [0.29, 0.717) is 5.92 Å². The molecule has 0 aliphatic carbocycles. The molecule has 0 spiro atoms. The summed E-state index contributed by atoms with van der Waals surface area (Å²) in [6.07, 6.45) is 2.11. The van der Waals surface area contributed by atoms with Crippen molar-refractivity contribution >= 4 is 33.1 Å². The lowest BCUT2D eigenvalue weighted by Gasteiger charge is -2.34.